The van der Waals surface area contributed by atoms with Crippen LogP contribution in [-0.4, -0.2) is 57.1 Å². The van der Waals surface area contributed by atoms with Crippen molar-refractivity contribution in [3.8, 4) is 5.75 Å². The minimum Gasteiger partial charge on any atom is -0.486 e. The van der Waals surface area contributed by atoms with E-state index in [1.165, 1.54) is 0 Å². The van der Waals surface area contributed by atoms with Crippen molar-refractivity contribution in [2.24, 2.45) is 11.3 Å². The first-order valence-corrected chi connectivity index (χ1v) is 13.0. The highest BCUT2D eigenvalue weighted by Crippen LogP contribution is 2.53. The number of nitrogens with zero attached hydrogens (tertiary/aromatic N) is 4. The Labute approximate surface area is 213 Å². The van der Waals surface area contributed by atoms with E-state index < -0.39 is 42.1 Å². The van der Waals surface area contributed by atoms with Gasteiger partial charge in [-0.3, -0.25) is 14.3 Å². The van der Waals surface area contributed by atoms with Gasteiger partial charge in [0.05, 0.1) is 12.8 Å². The van der Waals surface area contributed by atoms with Crippen LogP contribution in [0.2, 0.25) is 0 Å². The fourth-order valence-corrected chi connectivity index (χ4v) is 6.58. The minimum atomic E-state index is -4.97. The normalized spacial score (nSPS) is 20.9. The summed E-state index contributed by atoms with van der Waals surface area (Å²) < 4.78 is 91.0. The third-order valence-electron chi connectivity index (χ3n) is 7.37. The van der Waals surface area contributed by atoms with Crippen LogP contribution in [0.1, 0.15) is 35.8 Å². The molecule has 1 atom stereocenters. The van der Waals surface area contributed by atoms with Crippen LogP contribution in [-0.2, 0) is 19.6 Å². The van der Waals surface area contributed by atoms with E-state index in [2.05, 4.69) is 9.29 Å². The van der Waals surface area contributed by atoms with Gasteiger partial charge in [-0.15, -0.1) is 0 Å². The Hall–Kier alpha value is -2.25. The van der Waals surface area contributed by atoms with E-state index in [0.717, 1.165) is 37.0 Å². The van der Waals surface area contributed by atoms with Crippen LogP contribution in [0.25, 0.3) is 0 Å². The van der Waals surface area contributed by atoms with Crippen LogP contribution in [0.4, 0.5) is 26.3 Å². The molecule has 0 N–H and O–H groups in total. The fourth-order valence-electron chi connectivity index (χ4n) is 5.77. The Morgan fingerprint density at radius 1 is 1.11 bits per heavy atom. The summed E-state index contributed by atoms with van der Waals surface area (Å²) in [6.45, 7) is -0.129. The Morgan fingerprint density at radius 2 is 1.73 bits per heavy atom. The van der Waals surface area contributed by atoms with Crippen molar-refractivity contribution in [3.63, 3.8) is 0 Å². The molecule has 1 unspecified atom stereocenters. The van der Waals surface area contributed by atoms with Crippen molar-refractivity contribution in [1.82, 2.24) is 18.8 Å². The van der Waals surface area contributed by atoms with Crippen molar-refractivity contribution in [2.45, 2.75) is 50.9 Å². The van der Waals surface area contributed by atoms with Crippen molar-refractivity contribution >= 4 is 11.9 Å². The average molecular weight is 549 g/mol. The predicted octanol–water partition coefficient (Wildman–Crippen LogP) is 4.79. The Bertz CT molecular complexity index is 1180. The first kappa shape index (κ1) is 26.4. The summed E-state index contributed by atoms with van der Waals surface area (Å²) in [5.74, 6) is -1.34. The maximum absolute atomic E-state index is 14.3. The van der Waals surface area contributed by atoms with Crippen molar-refractivity contribution in [3.05, 3.63) is 57.8 Å². The van der Waals surface area contributed by atoms with Gasteiger partial charge in [-0.1, -0.05) is 36.2 Å². The van der Waals surface area contributed by atoms with Gasteiger partial charge in [0.15, 0.2) is 6.04 Å². The van der Waals surface area contributed by atoms with Gasteiger partial charge in [0.2, 0.25) is 5.75 Å². The molecular weight excluding hydrogens is 522 g/mol. The molecule has 3 aliphatic rings. The minimum absolute atomic E-state index is 0.0705. The van der Waals surface area contributed by atoms with E-state index in [1.54, 1.807) is 36.2 Å². The average Bonchev–Trinajstić information content (AvgIpc) is 3.17. The molecule has 1 aromatic heterocycles. The van der Waals surface area contributed by atoms with Gasteiger partial charge >= 0.3 is 12.4 Å². The highest BCUT2D eigenvalue weighted by Gasteiger charge is 2.52. The zero-order valence-corrected chi connectivity index (χ0v) is 20.8. The van der Waals surface area contributed by atoms with E-state index in [1.807, 2.05) is 6.26 Å². The highest BCUT2D eigenvalue weighted by molar-refractivity contribution is 7.96. The number of benzene rings is 1. The molecule has 0 bridgehead atoms. The van der Waals surface area contributed by atoms with Crippen LogP contribution in [0.3, 0.4) is 0 Å². The van der Waals surface area contributed by atoms with E-state index in [4.69, 9.17) is 4.74 Å². The number of hydrogen-bond acceptors (Lipinski definition) is 6. The predicted molar refractivity (Wildman–Crippen MR) is 125 cm³/mol. The van der Waals surface area contributed by atoms with Crippen molar-refractivity contribution < 1.29 is 31.1 Å². The maximum atomic E-state index is 14.3. The Balaban J connectivity index is 1.39. The maximum Gasteiger partial charge on any atom is 0.411 e. The molecule has 202 valence electrons. The van der Waals surface area contributed by atoms with Gasteiger partial charge in [0, 0.05) is 26.2 Å². The summed E-state index contributed by atoms with van der Waals surface area (Å²) in [5.41, 5.74) is 0.251. The molecule has 37 heavy (non-hydrogen) atoms. The summed E-state index contributed by atoms with van der Waals surface area (Å²) in [5, 5.41) is 0. The summed E-state index contributed by atoms with van der Waals surface area (Å²) in [6, 6.07) is 4.21. The first-order valence-electron chi connectivity index (χ1n) is 11.8. The summed E-state index contributed by atoms with van der Waals surface area (Å²) in [4.78, 5) is 17.8. The molecule has 0 radical (unpaired) electrons. The molecule has 1 aromatic carbocycles. The molecule has 1 spiro atoms. The quantitative estimate of drug-likeness (QED) is 0.366. The van der Waals surface area contributed by atoms with Crippen LogP contribution in [0.15, 0.2) is 35.3 Å². The molecule has 2 aliphatic heterocycles. The largest absolute Gasteiger partial charge is 0.486 e. The lowest BCUT2D eigenvalue weighted by Crippen LogP contribution is -2.60. The van der Waals surface area contributed by atoms with Gasteiger partial charge in [0.25, 0.3) is 5.56 Å². The molecule has 6 nitrogen and oxygen atoms in total. The standard InChI is InChI=1S/C24H26F6N4O2S/c1-37-33-12-22(13-33)6-15(7-22)11-36-18-8-31-20(34(21(18)35)14-23(25,26)27)19(24(28,29)30)32-9-16-4-2-3-5-17(16)10-32/h2-5,8,15,19H,6-7,9-14H2,1H3. The zero-order chi connectivity index (χ0) is 26.6. The summed E-state index contributed by atoms with van der Waals surface area (Å²) in [7, 11) is 0. The molecule has 1 saturated carbocycles. The molecular formula is C24H26F6N4O2S. The fraction of sp³-hybridized carbons (Fsp3) is 0.583. The molecule has 1 saturated heterocycles. The van der Waals surface area contributed by atoms with Crippen LogP contribution in [0, 0.1) is 11.3 Å². The molecule has 2 fully saturated rings. The van der Waals surface area contributed by atoms with Gasteiger partial charge in [-0.05, 0) is 41.6 Å². The topological polar surface area (TPSA) is 50.6 Å². The molecule has 13 heteroatoms. The van der Waals surface area contributed by atoms with Gasteiger partial charge in [-0.2, -0.15) is 26.3 Å². The molecule has 2 aromatic rings. The second-order valence-corrected chi connectivity index (χ2v) is 11.1. The zero-order valence-electron chi connectivity index (χ0n) is 20.0. The summed E-state index contributed by atoms with van der Waals surface area (Å²) >= 11 is 1.67. The Kier molecular flexibility index (Phi) is 6.76. The number of rotatable bonds is 7. The monoisotopic (exact) mass is 548 g/mol. The second kappa shape index (κ2) is 9.49. The number of fused-ring (bicyclic) bond motifs is 1. The number of ether oxygens (including phenoxy) is 1. The number of hydrogen-bond donors (Lipinski definition) is 0. The van der Waals surface area contributed by atoms with E-state index >= 15 is 0 Å². The van der Waals surface area contributed by atoms with Gasteiger partial charge < -0.3 is 4.74 Å². The van der Waals surface area contributed by atoms with Crippen LogP contribution < -0.4 is 10.3 Å². The SMILES string of the molecule is CSN1CC2(CC(COc3cnc(C(N4Cc5ccccc5C4)C(F)(F)F)n(CC(F)(F)F)c3=O)C2)C1. The lowest BCUT2D eigenvalue weighted by molar-refractivity contribution is -0.193. The third kappa shape index (κ3) is 5.35. The van der Waals surface area contributed by atoms with E-state index in [-0.39, 0.29) is 35.6 Å². The van der Waals surface area contributed by atoms with Crippen molar-refractivity contribution in [2.75, 3.05) is 26.0 Å². The molecule has 1 aliphatic carbocycles. The van der Waals surface area contributed by atoms with Gasteiger partial charge in [0.1, 0.15) is 12.4 Å². The second-order valence-electron chi connectivity index (χ2n) is 10.2. The third-order valence-corrected chi connectivity index (χ3v) is 8.14. The van der Waals surface area contributed by atoms with E-state index in [9.17, 15) is 31.1 Å². The molecule has 0 amide bonds. The lowest BCUT2D eigenvalue weighted by atomic mass is 9.59. The van der Waals surface area contributed by atoms with E-state index in [0.29, 0.717) is 11.1 Å². The summed E-state index contributed by atoms with van der Waals surface area (Å²) in [6.07, 6.45) is -5.32. The van der Waals surface area contributed by atoms with Gasteiger partial charge in [-0.25, -0.2) is 9.29 Å². The van der Waals surface area contributed by atoms with Crippen LogP contribution in [0.5, 0.6) is 5.75 Å². The molecule has 3 heterocycles. The smallest absolute Gasteiger partial charge is 0.411 e. The molecule has 5 rings (SSSR count). The highest BCUT2D eigenvalue weighted by atomic mass is 32.2. The lowest BCUT2D eigenvalue weighted by Gasteiger charge is -2.58. The van der Waals surface area contributed by atoms with Crippen molar-refractivity contribution in [1.29, 1.82) is 0 Å². The number of alkyl halides is 6. The van der Waals surface area contributed by atoms with Crippen LogP contribution >= 0.6 is 11.9 Å². The number of aromatic nitrogens is 2. The number of halogens is 6. The Morgan fingerprint density at radius 3 is 2.27 bits per heavy atom. The first-order chi connectivity index (χ1) is 17.4.